The standard InChI is InChI=1S/C24H25N3O5S/c1-13(24(29)26-17-7-9-20(30-4)21(11-17)31-5)27-18-10-16(23-14(2)33-15(3)25-23)6-8-19(18)32-12-22(27)28/h6-11,13H,12H2,1-5H3,(H,26,29). The number of hydrogen-bond donors (Lipinski definition) is 1. The number of nitrogens with one attached hydrogen (secondary N) is 1. The molecule has 0 saturated heterocycles. The first-order chi connectivity index (χ1) is 15.8. The summed E-state index contributed by atoms with van der Waals surface area (Å²) in [6.45, 7) is 5.53. The number of thiazole rings is 1. The molecule has 1 atom stereocenters. The number of aromatic nitrogens is 1. The van der Waals surface area contributed by atoms with Gasteiger partial charge in [0.1, 0.15) is 11.8 Å². The van der Waals surface area contributed by atoms with Crippen LogP contribution < -0.4 is 24.4 Å². The van der Waals surface area contributed by atoms with Crippen LogP contribution in [-0.2, 0) is 9.59 Å². The predicted octanol–water partition coefficient (Wildman–Crippen LogP) is 4.20. The van der Waals surface area contributed by atoms with Gasteiger partial charge in [0.25, 0.3) is 5.91 Å². The molecule has 4 rings (SSSR count). The second-order valence-corrected chi connectivity index (χ2v) is 9.01. The molecule has 1 aliphatic rings. The number of benzene rings is 2. The molecule has 1 aromatic heterocycles. The number of carbonyl (C=O) groups is 2. The molecule has 172 valence electrons. The van der Waals surface area contributed by atoms with Gasteiger partial charge in [-0.05, 0) is 51.1 Å². The molecule has 2 amide bonds. The van der Waals surface area contributed by atoms with Crippen molar-refractivity contribution in [1.82, 2.24) is 4.98 Å². The third kappa shape index (κ3) is 4.36. The summed E-state index contributed by atoms with van der Waals surface area (Å²) < 4.78 is 16.2. The minimum atomic E-state index is -0.776. The molecule has 2 aromatic carbocycles. The maximum atomic E-state index is 13.1. The van der Waals surface area contributed by atoms with Crippen molar-refractivity contribution in [2.75, 3.05) is 31.0 Å². The maximum Gasteiger partial charge on any atom is 0.265 e. The zero-order valence-corrected chi connectivity index (χ0v) is 19.9. The van der Waals surface area contributed by atoms with Crippen LogP contribution in [0.4, 0.5) is 11.4 Å². The van der Waals surface area contributed by atoms with E-state index >= 15 is 0 Å². The molecular weight excluding hydrogens is 442 g/mol. The molecule has 0 fully saturated rings. The molecule has 0 spiro atoms. The monoisotopic (exact) mass is 467 g/mol. The predicted molar refractivity (Wildman–Crippen MR) is 128 cm³/mol. The molecule has 1 N–H and O–H groups in total. The van der Waals surface area contributed by atoms with Crippen molar-refractivity contribution >= 4 is 34.5 Å². The average Bonchev–Trinajstić information content (AvgIpc) is 3.15. The fourth-order valence-corrected chi connectivity index (χ4v) is 4.66. The molecule has 0 radical (unpaired) electrons. The van der Waals surface area contributed by atoms with E-state index in [2.05, 4.69) is 10.3 Å². The number of hydrogen-bond acceptors (Lipinski definition) is 7. The van der Waals surface area contributed by atoms with Gasteiger partial charge in [0.05, 0.1) is 30.6 Å². The van der Waals surface area contributed by atoms with Crippen molar-refractivity contribution in [3.8, 4) is 28.5 Å². The van der Waals surface area contributed by atoms with E-state index in [9.17, 15) is 9.59 Å². The van der Waals surface area contributed by atoms with Gasteiger partial charge >= 0.3 is 0 Å². The minimum Gasteiger partial charge on any atom is -0.493 e. The van der Waals surface area contributed by atoms with E-state index in [-0.39, 0.29) is 18.4 Å². The maximum absolute atomic E-state index is 13.1. The SMILES string of the molecule is COc1ccc(NC(=O)C(C)N2C(=O)COc3ccc(-c4nc(C)sc4C)cc32)cc1OC. The Morgan fingerprint density at radius 3 is 2.58 bits per heavy atom. The van der Waals surface area contributed by atoms with Crippen LogP contribution >= 0.6 is 11.3 Å². The van der Waals surface area contributed by atoms with Crippen molar-refractivity contribution in [3.05, 3.63) is 46.3 Å². The molecule has 1 unspecified atom stereocenters. The van der Waals surface area contributed by atoms with Crippen LogP contribution in [-0.4, -0.2) is 43.7 Å². The molecule has 8 nitrogen and oxygen atoms in total. The average molecular weight is 468 g/mol. The summed E-state index contributed by atoms with van der Waals surface area (Å²) in [5.74, 6) is 0.972. The molecule has 9 heteroatoms. The normalized spacial score (nSPS) is 13.7. The number of carbonyl (C=O) groups excluding carboxylic acids is 2. The second-order valence-electron chi connectivity index (χ2n) is 7.61. The Kier molecular flexibility index (Phi) is 6.24. The summed E-state index contributed by atoms with van der Waals surface area (Å²) in [5, 5.41) is 3.82. The first-order valence-corrected chi connectivity index (χ1v) is 11.2. The number of rotatable bonds is 6. The van der Waals surface area contributed by atoms with Gasteiger partial charge in [-0.2, -0.15) is 0 Å². The van der Waals surface area contributed by atoms with Crippen LogP contribution in [0.3, 0.4) is 0 Å². The Morgan fingerprint density at radius 1 is 1.15 bits per heavy atom. The number of ether oxygens (including phenoxy) is 3. The van der Waals surface area contributed by atoms with Crippen LogP contribution in [0.15, 0.2) is 36.4 Å². The Morgan fingerprint density at radius 2 is 1.91 bits per heavy atom. The Labute approximate surface area is 196 Å². The molecule has 1 aliphatic heterocycles. The third-order valence-electron chi connectivity index (χ3n) is 5.43. The fourth-order valence-electron chi connectivity index (χ4n) is 3.82. The van der Waals surface area contributed by atoms with Crippen molar-refractivity contribution in [2.45, 2.75) is 26.8 Å². The van der Waals surface area contributed by atoms with Gasteiger partial charge in [0, 0.05) is 22.2 Å². The van der Waals surface area contributed by atoms with Crippen LogP contribution in [0, 0.1) is 13.8 Å². The van der Waals surface area contributed by atoms with Crippen molar-refractivity contribution < 1.29 is 23.8 Å². The summed E-state index contributed by atoms with van der Waals surface area (Å²) in [7, 11) is 3.07. The quantitative estimate of drug-likeness (QED) is 0.585. The van der Waals surface area contributed by atoms with Gasteiger partial charge in [-0.15, -0.1) is 11.3 Å². The summed E-state index contributed by atoms with van der Waals surface area (Å²) in [4.78, 5) is 33.1. The summed E-state index contributed by atoms with van der Waals surface area (Å²) in [5.41, 5.74) is 2.81. The largest absolute Gasteiger partial charge is 0.493 e. The van der Waals surface area contributed by atoms with Gasteiger partial charge in [0.2, 0.25) is 5.91 Å². The van der Waals surface area contributed by atoms with Gasteiger partial charge in [-0.1, -0.05) is 0 Å². The van der Waals surface area contributed by atoms with E-state index in [0.717, 1.165) is 21.1 Å². The van der Waals surface area contributed by atoms with E-state index in [1.807, 2.05) is 32.0 Å². The zero-order valence-electron chi connectivity index (χ0n) is 19.1. The van der Waals surface area contributed by atoms with Crippen LogP contribution in [0.2, 0.25) is 0 Å². The number of anilines is 2. The van der Waals surface area contributed by atoms with Gasteiger partial charge < -0.3 is 19.5 Å². The van der Waals surface area contributed by atoms with Gasteiger partial charge in [0.15, 0.2) is 18.1 Å². The summed E-state index contributed by atoms with van der Waals surface area (Å²) in [6.07, 6.45) is 0. The zero-order chi connectivity index (χ0) is 23.7. The lowest BCUT2D eigenvalue weighted by Gasteiger charge is -2.33. The highest BCUT2D eigenvalue weighted by Crippen LogP contribution is 2.38. The Hall–Kier alpha value is -3.59. The van der Waals surface area contributed by atoms with Crippen molar-refractivity contribution in [3.63, 3.8) is 0 Å². The van der Waals surface area contributed by atoms with Crippen molar-refractivity contribution in [1.29, 1.82) is 0 Å². The van der Waals surface area contributed by atoms with Gasteiger partial charge in [-0.3, -0.25) is 14.5 Å². The van der Waals surface area contributed by atoms with Crippen LogP contribution in [0.25, 0.3) is 11.3 Å². The summed E-state index contributed by atoms with van der Waals surface area (Å²) >= 11 is 1.61. The van der Waals surface area contributed by atoms with E-state index in [1.165, 1.54) is 12.0 Å². The number of amides is 2. The molecule has 33 heavy (non-hydrogen) atoms. The van der Waals surface area contributed by atoms with E-state index in [0.29, 0.717) is 28.6 Å². The number of aryl methyl sites for hydroxylation is 2. The number of fused-ring (bicyclic) bond motifs is 1. The molecule has 2 heterocycles. The first kappa shape index (κ1) is 22.6. The van der Waals surface area contributed by atoms with Crippen LogP contribution in [0.5, 0.6) is 17.2 Å². The third-order valence-corrected chi connectivity index (χ3v) is 6.32. The second kappa shape index (κ2) is 9.11. The summed E-state index contributed by atoms with van der Waals surface area (Å²) in [6, 6.07) is 9.91. The molecule has 0 bridgehead atoms. The lowest BCUT2D eigenvalue weighted by atomic mass is 10.1. The van der Waals surface area contributed by atoms with Gasteiger partial charge in [-0.25, -0.2) is 4.98 Å². The molecule has 3 aromatic rings. The molecule has 0 aliphatic carbocycles. The molecule has 0 saturated carbocycles. The number of nitrogens with zero attached hydrogens (tertiary/aromatic N) is 2. The topological polar surface area (TPSA) is 90.0 Å². The first-order valence-electron chi connectivity index (χ1n) is 10.4. The van der Waals surface area contributed by atoms with Crippen LogP contribution in [0.1, 0.15) is 16.8 Å². The van der Waals surface area contributed by atoms with E-state index in [4.69, 9.17) is 14.2 Å². The van der Waals surface area contributed by atoms with Crippen molar-refractivity contribution in [2.24, 2.45) is 0 Å². The van der Waals surface area contributed by atoms with E-state index in [1.54, 1.807) is 43.6 Å². The Balaban J connectivity index is 1.63. The highest BCUT2D eigenvalue weighted by atomic mass is 32.1. The lowest BCUT2D eigenvalue weighted by molar-refractivity contribution is -0.125. The van der Waals surface area contributed by atoms with E-state index < -0.39 is 6.04 Å². The number of methoxy groups -OCH3 is 2. The Bertz CT molecular complexity index is 1220. The fraction of sp³-hybridized carbons (Fsp3) is 0.292. The molecular formula is C24H25N3O5S. The smallest absolute Gasteiger partial charge is 0.265 e. The minimum absolute atomic E-state index is 0.130. The lowest BCUT2D eigenvalue weighted by Crippen LogP contribution is -2.49. The highest BCUT2D eigenvalue weighted by Gasteiger charge is 2.33. The highest BCUT2D eigenvalue weighted by molar-refractivity contribution is 7.11.